The third kappa shape index (κ3) is 2.23. The van der Waals surface area contributed by atoms with Crippen molar-refractivity contribution >= 4 is 23.1 Å². The summed E-state index contributed by atoms with van der Waals surface area (Å²) in [5, 5.41) is 9.70. The van der Waals surface area contributed by atoms with Crippen LogP contribution in [0.15, 0.2) is 52.3 Å². The number of hydrogen-bond acceptors (Lipinski definition) is 4. The minimum absolute atomic E-state index is 0.174. The first-order valence-corrected chi connectivity index (χ1v) is 5.59. The van der Waals surface area contributed by atoms with Crippen molar-refractivity contribution in [2.24, 2.45) is 0 Å². The van der Waals surface area contributed by atoms with Gasteiger partial charge in [-0.05, 0) is 24.3 Å². The van der Waals surface area contributed by atoms with Gasteiger partial charge in [-0.15, -0.1) is 0 Å². The molecule has 0 bridgehead atoms. The van der Waals surface area contributed by atoms with E-state index < -0.39 is 0 Å². The lowest BCUT2D eigenvalue weighted by Gasteiger charge is -2.07. The molecule has 16 heavy (non-hydrogen) atoms. The smallest absolute Gasteiger partial charge is 0.131 e. The van der Waals surface area contributed by atoms with Crippen LogP contribution in [0.25, 0.3) is 0 Å². The van der Waals surface area contributed by atoms with Gasteiger partial charge in [0.1, 0.15) is 5.75 Å². The summed E-state index contributed by atoms with van der Waals surface area (Å²) in [6.45, 7) is 0. The van der Waals surface area contributed by atoms with Crippen LogP contribution >= 0.6 is 11.8 Å². The first-order valence-electron chi connectivity index (χ1n) is 4.77. The number of phenols is 1. The zero-order valence-electron chi connectivity index (χ0n) is 8.55. The Bertz CT molecular complexity index is 514. The fourth-order valence-corrected chi connectivity index (χ4v) is 2.18. The van der Waals surface area contributed by atoms with Crippen LogP contribution in [0.5, 0.6) is 5.75 Å². The predicted octanol–water partition coefficient (Wildman–Crippen LogP) is 2.71. The van der Waals surface area contributed by atoms with Gasteiger partial charge in [0.05, 0.1) is 4.90 Å². The van der Waals surface area contributed by atoms with Crippen LogP contribution in [0.1, 0.15) is 0 Å². The summed E-state index contributed by atoms with van der Waals surface area (Å²) >= 11 is 1.42. The predicted molar refractivity (Wildman–Crippen MR) is 67.5 cm³/mol. The van der Waals surface area contributed by atoms with Gasteiger partial charge in [-0.25, -0.2) is 0 Å². The Morgan fingerprint density at radius 1 is 0.938 bits per heavy atom. The molecule has 0 aliphatic rings. The molecule has 2 rings (SSSR count). The van der Waals surface area contributed by atoms with Crippen LogP contribution in [0.4, 0.5) is 11.4 Å². The molecule has 0 saturated heterocycles. The molecule has 0 unspecified atom stereocenters. The highest BCUT2D eigenvalue weighted by molar-refractivity contribution is 7.99. The van der Waals surface area contributed by atoms with Gasteiger partial charge in [0.15, 0.2) is 0 Å². The molecule has 0 heterocycles. The van der Waals surface area contributed by atoms with Gasteiger partial charge in [0, 0.05) is 22.3 Å². The zero-order chi connectivity index (χ0) is 11.5. The molecule has 0 radical (unpaired) electrons. The third-order valence-electron chi connectivity index (χ3n) is 2.12. The molecule has 5 N–H and O–H groups in total. The first kappa shape index (κ1) is 10.7. The molecule has 0 amide bonds. The number of nitrogens with two attached hydrogens (primary N) is 2. The van der Waals surface area contributed by atoms with Crippen molar-refractivity contribution in [2.45, 2.75) is 9.79 Å². The molecule has 2 aromatic rings. The van der Waals surface area contributed by atoms with Crippen LogP contribution < -0.4 is 11.5 Å². The van der Waals surface area contributed by atoms with E-state index in [9.17, 15) is 5.11 Å². The van der Waals surface area contributed by atoms with Crippen LogP contribution in [0.3, 0.4) is 0 Å². The molecule has 0 spiro atoms. The quantitative estimate of drug-likeness (QED) is 0.696. The van der Waals surface area contributed by atoms with Crippen molar-refractivity contribution in [2.75, 3.05) is 11.5 Å². The van der Waals surface area contributed by atoms with E-state index in [1.165, 1.54) is 17.8 Å². The van der Waals surface area contributed by atoms with Crippen molar-refractivity contribution < 1.29 is 5.11 Å². The van der Waals surface area contributed by atoms with Crippen LogP contribution in [0, 0.1) is 0 Å². The summed E-state index contributed by atoms with van der Waals surface area (Å²) in [5.41, 5.74) is 12.6. The maximum atomic E-state index is 9.70. The molecule has 0 aliphatic heterocycles. The average Bonchev–Trinajstić information content (AvgIpc) is 2.25. The fraction of sp³-hybridized carbons (Fsp3) is 0. The van der Waals surface area contributed by atoms with Gasteiger partial charge in [0.2, 0.25) is 0 Å². The minimum Gasteiger partial charge on any atom is -0.507 e. The topological polar surface area (TPSA) is 72.3 Å². The van der Waals surface area contributed by atoms with E-state index in [-0.39, 0.29) is 5.75 Å². The zero-order valence-corrected chi connectivity index (χ0v) is 9.37. The number of benzene rings is 2. The molecular formula is C12H12N2OS. The summed E-state index contributed by atoms with van der Waals surface area (Å²) < 4.78 is 0. The van der Waals surface area contributed by atoms with Crippen molar-refractivity contribution in [1.29, 1.82) is 0 Å². The van der Waals surface area contributed by atoms with E-state index in [0.29, 0.717) is 11.4 Å². The number of rotatable bonds is 2. The van der Waals surface area contributed by atoms with Gasteiger partial charge in [-0.3, -0.25) is 0 Å². The van der Waals surface area contributed by atoms with Crippen molar-refractivity contribution in [3.05, 3.63) is 42.5 Å². The van der Waals surface area contributed by atoms with E-state index in [1.807, 2.05) is 24.3 Å². The molecule has 0 saturated carbocycles. The normalized spacial score (nSPS) is 10.2. The monoisotopic (exact) mass is 232 g/mol. The van der Waals surface area contributed by atoms with E-state index in [2.05, 4.69) is 0 Å². The highest BCUT2D eigenvalue weighted by Gasteiger charge is 2.05. The second kappa shape index (κ2) is 4.37. The maximum absolute atomic E-state index is 9.70. The molecular weight excluding hydrogens is 220 g/mol. The lowest BCUT2D eigenvalue weighted by Crippen LogP contribution is -1.88. The van der Waals surface area contributed by atoms with Crippen LogP contribution in [-0.4, -0.2) is 5.11 Å². The number of aromatic hydroxyl groups is 1. The number of anilines is 2. The van der Waals surface area contributed by atoms with Gasteiger partial charge in [0.25, 0.3) is 0 Å². The van der Waals surface area contributed by atoms with E-state index in [4.69, 9.17) is 11.5 Å². The van der Waals surface area contributed by atoms with Crippen LogP contribution in [0.2, 0.25) is 0 Å². The lowest BCUT2D eigenvalue weighted by atomic mass is 10.3. The van der Waals surface area contributed by atoms with Crippen LogP contribution in [-0.2, 0) is 0 Å². The molecule has 0 fully saturated rings. The Balaban J connectivity index is 2.31. The molecule has 82 valence electrons. The van der Waals surface area contributed by atoms with Crippen molar-refractivity contribution in [1.82, 2.24) is 0 Å². The average molecular weight is 232 g/mol. The summed E-state index contributed by atoms with van der Waals surface area (Å²) in [6, 6.07) is 12.6. The Labute approximate surface area is 98.1 Å². The SMILES string of the molecule is Nc1ccc(Sc2ccccc2N)c(O)c1. The van der Waals surface area contributed by atoms with Crippen molar-refractivity contribution in [3.8, 4) is 5.75 Å². The van der Waals surface area contributed by atoms with Gasteiger partial charge in [-0.2, -0.15) is 0 Å². The summed E-state index contributed by atoms with van der Waals surface area (Å²) in [6.07, 6.45) is 0. The Morgan fingerprint density at radius 3 is 2.38 bits per heavy atom. The Morgan fingerprint density at radius 2 is 1.69 bits per heavy atom. The summed E-state index contributed by atoms with van der Waals surface area (Å²) in [4.78, 5) is 1.66. The number of nitrogen functional groups attached to an aromatic ring is 2. The Kier molecular flexibility index (Phi) is 2.92. The van der Waals surface area contributed by atoms with Gasteiger partial charge >= 0.3 is 0 Å². The minimum atomic E-state index is 0.174. The fourth-order valence-electron chi connectivity index (χ4n) is 1.31. The Hall–Kier alpha value is -1.81. The number of para-hydroxylation sites is 1. The molecule has 0 aromatic heterocycles. The third-order valence-corrected chi connectivity index (χ3v) is 3.28. The first-order chi connectivity index (χ1) is 7.66. The summed E-state index contributed by atoms with van der Waals surface area (Å²) in [5.74, 6) is 0.174. The summed E-state index contributed by atoms with van der Waals surface area (Å²) in [7, 11) is 0. The second-order valence-corrected chi connectivity index (χ2v) is 4.45. The van der Waals surface area contributed by atoms with Crippen molar-refractivity contribution in [3.63, 3.8) is 0 Å². The highest BCUT2D eigenvalue weighted by atomic mass is 32.2. The molecule has 0 atom stereocenters. The molecule has 0 aliphatic carbocycles. The molecule has 2 aromatic carbocycles. The van der Waals surface area contributed by atoms with E-state index in [1.54, 1.807) is 12.1 Å². The number of hydrogen-bond donors (Lipinski definition) is 3. The van der Waals surface area contributed by atoms with Gasteiger partial charge in [-0.1, -0.05) is 23.9 Å². The van der Waals surface area contributed by atoms with E-state index >= 15 is 0 Å². The second-order valence-electron chi connectivity index (χ2n) is 3.37. The largest absolute Gasteiger partial charge is 0.507 e. The molecule has 3 nitrogen and oxygen atoms in total. The molecule has 4 heteroatoms. The van der Waals surface area contributed by atoms with Gasteiger partial charge < -0.3 is 16.6 Å². The van der Waals surface area contributed by atoms with E-state index in [0.717, 1.165) is 9.79 Å². The highest BCUT2D eigenvalue weighted by Crippen LogP contribution is 2.37. The lowest BCUT2D eigenvalue weighted by molar-refractivity contribution is 0.463. The standard InChI is InChI=1S/C12H12N2OS/c13-8-5-6-12(10(15)7-8)16-11-4-2-1-3-9(11)14/h1-7,15H,13-14H2. The number of phenolic OH excluding ortho intramolecular Hbond substituents is 1. The maximum Gasteiger partial charge on any atom is 0.131 e.